The number of benzene rings is 3. The minimum absolute atomic E-state index is 0.177. The fraction of sp³-hybridized carbons (Fsp3) is 0.167. The van der Waals surface area contributed by atoms with E-state index < -0.39 is 5.91 Å². The molecule has 4 amide bonds. The number of anilines is 2. The predicted octanol–water partition coefficient (Wildman–Crippen LogP) is 2.84. The molecule has 0 saturated carbocycles. The molecule has 15 N–H and O–H groups in total. The molecule has 3 aromatic heterocycles. The first-order valence-electron chi connectivity index (χ1n) is 16.6. The van der Waals surface area contributed by atoms with Gasteiger partial charge in [-0.25, -0.2) is 0 Å². The van der Waals surface area contributed by atoms with E-state index in [4.69, 9.17) is 22.3 Å². The molecule has 2 unspecified atom stereocenters. The molecule has 0 aliphatic carbocycles. The first-order valence-corrected chi connectivity index (χ1v) is 16.6. The van der Waals surface area contributed by atoms with Gasteiger partial charge in [0.25, 0.3) is 23.6 Å². The maximum atomic E-state index is 13.2. The van der Waals surface area contributed by atoms with Crippen LogP contribution in [0.1, 0.15) is 55.7 Å². The van der Waals surface area contributed by atoms with E-state index in [9.17, 15) is 19.2 Å². The van der Waals surface area contributed by atoms with E-state index in [1.54, 1.807) is 86.6 Å². The zero-order valence-electron chi connectivity index (χ0n) is 28.8. The quantitative estimate of drug-likeness (QED) is 0.0658. The minimum atomic E-state index is -0.391. The van der Waals surface area contributed by atoms with Crippen molar-refractivity contribution >= 4 is 79.6 Å². The van der Waals surface area contributed by atoms with Gasteiger partial charge >= 0.3 is 0 Å². The zero-order chi connectivity index (χ0) is 37.8. The van der Waals surface area contributed by atoms with E-state index in [2.05, 4.69) is 46.9 Å². The van der Waals surface area contributed by atoms with Crippen molar-refractivity contribution in [2.75, 3.05) is 23.7 Å². The number of hydrogen-bond acceptors (Lipinski definition) is 6. The topological polar surface area (TPSA) is 288 Å². The van der Waals surface area contributed by atoms with Gasteiger partial charge in [0.1, 0.15) is 17.1 Å². The van der Waals surface area contributed by atoms with Gasteiger partial charge in [-0.2, -0.15) is 0 Å². The summed E-state index contributed by atoms with van der Waals surface area (Å²) in [5.41, 5.74) is 15.1. The van der Waals surface area contributed by atoms with Gasteiger partial charge in [-0.15, -0.1) is 0 Å². The number of nitrogens with one attached hydrogen (secondary N) is 11. The van der Waals surface area contributed by atoms with Crippen LogP contribution in [0.3, 0.4) is 0 Å². The van der Waals surface area contributed by atoms with Gasteiger partial charge in [-0.1, -0.05) is 12.1 Å². The molecule has 0 fully saturated rings. The molecule has 17 heteroatoms. The lowest BCUT2D eigenvalue weighted by molar-refractivity contribution is 0.0939. The standard InChI is InChI=1S/C36H39N13O4/c1-17(43-35(37)38)15-41-32(51)28-10-19-3-6-23(13-26(19)48-28)45-31(50)21-5-8-25-22(9-21)12-30(47-25)34(53)46-24-7-4-20-11-29(49-27(20)14-24)33(52)42-16-18(2)44-36(39)40/h3-14,17-18,47-49H,15-16H2,1-2H3,(H,41,51)(H,42,52)(H,45,50)(H,46,53)(H4,37,38,43)(H4,39,40,44). The van der Waals surface area contributed by atoms with E-state index in [1.165, 1.54) is 0 Å². The number of carbonyl (C=O) groups excluding carboxylic acids is 4. The highest BCUT2D eigenvalue weighted by molar-refractivity contribution is 6.10. The first-order chi connectivity index (χ1) is 25.3. The van der Waals surface area contributed by atoms with Crippen LogP contribution < -0.4 is 43.4 Å². The molecule has 0 aliphatic heterocycles. The van der Waals surface area contributed by atoms with Crippen LogP contribution >= 0.6 is 0 Å². The Morgan fingerprint density at radius 3 is 1.53 bits per heavy atom. The smallest absolute Gasteiger partial charge is 0.272 e. The monoisotopic (exact) mass is 717 g/mol. The zero-order valence-corrected chi connectivity index (χ0v) is 28.8. The maximum Gasteiger partial charge on any atom is 0.272 e. The lowest BCUT2D eigenvalue weighted by Crippen LogP contribution is -2.44. The number of amides is 4. The van der Waals surface area contributed by atoms with Crippen LogP contribution in [0.2, 0.25) is 0 Å². The molecule has 272 valence electrons. The fourth-order valence-electron chi connectivity index (χ4n) is 5.77. The molecular formula is C36H39N13O4. The van der Waals surface area contributed by atoms with Crippen LogP contribution in [0.4, 0.5) is 11.4 Å². The molecule has 6 rings (SSSR count). The molecule has 53 heavy (non-hydrogen) atoms. The highest BCUT2D eigenvalue weighted by Crippen LogP contribution is 2.24. The number of guanidine groups is 2. The Labute approximate surface area is 302 Å². The Bertz CT molecular complexity index is 2280. The Morgan fingerprint density at radius 1 is 0.566 bits per heavy atom. The average molecular weight is 718 g/mol. The van der Waals surface area contributed by atoms with E-state index in [0.29, 0.717) is 56.0 Å². The van der Waals surface area contributed by atoms with Gasteiger partial charge in [0.2, 0.25) is 0 Å². The van der Waals surface area contributed by atoms with Crippen molar-refractivity contribution in [3.05, 3.63) is 95.4 Å². The summed E-state index contributed by atoms with van der Waals surface area (Å²) in [5.74, 6) is -1.74. The van der Waals surface area contributed by atoms with E-state index >= 15 is 0 Å². The van der Waals surface area contributed by atoms with Gasteiger partial charge in [0.05, 0.1) is 0 Å². The Kier molecular flexibility index (Phi) is 9.98. The predicted molar refractivity (Wildman–Crippen MR) is 204 cm³/mol. The average Bonchev–Trinajstić information content (AvgIpc) is 3.85. The van der Waals surface area contributed by atoms with Crippen LogP contribution in [0, 0.1) is 10.8 Å². The van der Waals surface area contributed by atoms with Crippen LogP contribution in [0.5, 0.6) is 0 Å². The van der Waals surface area contributed by atoms with Crippen molar-refractivity contribution in [3.63, 3.8) is 0 Å². The molecule has 17 nitrogen and oxygen atoms in total. The molecule has 0 radical (unpaired) electrons. The Hall–Kier alpha value is -7.30. The molecule has 0 spiro atoms. The molecule has 6 aromatic rings. The third kappa shape index (κ3) is 8.54. The number of aromatic nitrogens is 3. The molecule has 3 heterocycles. The minimum Gasteiger partial charge on any atom is -0.370 e. The van der Waals surface area contributed by atoms with Gasteiger partial charge in [0.15, 0.2) is 11.9 Å². The van der Waals surface area contributed by atoms with E-state index in [0.717, 1.165) is 10.8 Å². The lowest BCUT2D eigenvalue weighted by atomic mass is 10.1. The van der Waals surface area contributed by atoms with Crippen molar-refractivity contribution in [1.82, 2.24) is 36.2 Å². The van der Waals surface area contributed by atoms with Crippen molar-refractivity contribution < 1.29 is 19.2 Å². The number of nitrogens with two attached hydrogens (primary N) is 2. The number of aromatic amines is 3. The second kappa shape index (κ2) is 14.9. The number of fused-ring (bicyclic) bond motifs is 3. The normalized spacial score (nSPS) is 12.2. The maximum absolute atomic E-state index is 13.2. The van der Waals surface area contributed by atoms with Crippen LogP contribution in [0.15, 0.2) is 72.8 Å². The van der Waals surface area contributed by atoms with Crippen molar-refractivity contribution in [2.24, 2.45) is 11.5 Å². The third-order valence-corrected chi connectivity index (χ3v) is 8.32. The van der Waals surface area contributed by atoms with Crippen molar-refractivity contribution in [3.8, 4) is 0 Å². The third-order valence-electron chi connectivity index (χ3n) is 8.32. The van der Waals surface area contributed by atoms with Crippen molar-refractivity contribution in [1.29, 1.82) is 10.8 Å². The largest absolute Gasteiger partial charge is 0.370 e. The van der Waals surface area contributed by atoms with Gasteiger partial charge < -0.3 is 58.3 Å². The first kappa shape index (κ1) is 35.5. The SMILES string of the molecule is CC(CNC(=O)c1cc2ccc(NC(=O)c3ccc4[nH]c(C(=O)Nc5ccc6cc(C(=O)NCC(C)NC(=N)N)[nH]c6c5)cc4c3)cc2[nH]1)NC(=N)N. The summed E-state index contributed by atoms with van der Waals surface area (Å²) in [7, 11) is 0. The molecule has 2 atom stereocenters. The van der Waals surface area contributed by atoms with Gasteiger partial charge in [-0.3, -0.25) is 30.0 Å². The number of hydrogen-bond donors (Lipinski definition) is 13. The summed E-state index contributed by atoms with van der Waals surface area (Å²) >= 11 is 0. The van der Waals surface area contributed by atoms with Crippen molar-refractivity contribution in [2.45, 2.75) is 25.9 Å². The number of rotatable bonds is 12. The second-order valence-corrected chi connectivity index (χ2v) is 12.7. The molecule has 3 aromatic carbocycles. The van der Waals surface area contributed by atoms with E-state index in [1.807, 2.05) is 0 Å². The molecule has 0 saturated heterocycles. The summed E-state index contributed by atoms with van der Waals surface area (Å²) in [6, 6.07) is 20.2. The summed E-state index contributed by atoms with van der Waals surface area (Å²) in [5, 5.41) is 33.6. The Balaban J connectivity index is 1.07. The van der Waals surface area contributed by atoms with E-state index in [-0.39, 0.29) is 54.8 Å². The fourth-order valence-corrected chi connectivity index (χ4v) is 5.77. The number of H-pyrrole nitrogens is 3. The highest BCUT2D eigenvalue weighted by Gasteiger charge is 2.16. The molecule has 0 aliphatic rings. The lowest BCUT2D eigenvalue weighted by Gasteiger charge is -2.13. The summed E-state index contributed by atoms with van der Waals surface area (Å²) in [6.45, 7) is 4.12. The van der Waals surface area contributed by atoms with Crippen LogP contribution in [-0.2, 0) is 0 Å². The van der Waals surface area contributed by atoms with Crippen LogP contribution in [0.25, 0.3) is 32.7 Å². The van der Waals surface area contributed by atoms with Gasteiger partial charge in [-0.05, 0) is 74.5 Å². The second-order valence-electron chi connectivity index (χ2n) is 12.7. The van der Waals surface area contributed by atoms with Gasteiger partial charge in [0, 0.05) is 74.8 Å². The summed E-state index contributed by atoms with van der Waals surface area (Å²) in [4.78, 5) is 61.0. The molecule has 0 bridgehead atoms. The summed E-state index contributed by atoms with van der Waals surface area (Å²) < 4.78 is 0. The Morgan fingerprint density at radius 2 is 1.02 bits per heavy atom. The summed E-state index contributed by atoms with van der Waals surface area (Å²) in [6.07, 6.45) is 0. The number of carbonyl (C=O) groups is 4. The highest BCUT2D eigenvalue weighted by atomic mass is 16.2. The van der Waals surface area contributed by atoms with Crippen LogP contribution in [-0.4, -0.2) is 75.7 Å². The molecular weight excluding hydrogens is 678 g/mol.